The van der Waals surface area contributed by atoms with Gasteiger partial charge in [0.2, 0.25) is 0 Å². The summed E-state index contributed by atoms with van der Waals surface area (Å²) in [5.41, 5.74) is 1.25. The summed E-state index contributed by atoms with van der Waals surface area (Å²) in [5.74, 6) is 0. The van der Waals surface area contributed by atoms with E-state index in [-0.39, 0.29) is 12.0 Å². The van der Waals surface area contributed by atoms with Crippen LogP contribution >= 0.6 is 11.6 Å². The highest BCUT2D eigenvalue weighted by Gasteiger charge is 2.32. The lowest BCUT2D eigenvalue weighted by molar-refractivity contribution is 0.152. The minimum atomic E-state index is 0.00282. The van der Waals surface area contributed by atoms with Crippen LogP contribution in [0.2, 0.25) is 5.02 Å². The van der Waals surface area contributed by atoms with E-state index in [9.17, 15) is 5.11 Å². The molecule has 0 amide bonds. The summed E-state index contributed by atoms with van der Waals surface area (Å²) in [5, 5.41) is 10.4. The molecule has 0 atom stereocenters. The van der Waals surface area contributed by atoms with E-state index in [2.05, 4.69) is 12.1 Å². The van der Waals surface area contributed by atoms with Gasteiger partial charge in [-0.3, -0.25) is 0 Å². The molecule has 0 aromatic heterocycles. The number of rotatable bonds is 2. The second-order valence-corrected chi connectivity index (χ2v) is 4.94. The molecule has 82 valence electrons. The molecule has 1 nitrogen and oxygen atoms in total. The molecule has 15 heavy (non-hydrogen) atoms. The van der Waals surface area contributed by atoms with Crippen molar-refractivity contribution in [3.8, 4) is 0 Å². The molecule has 1 aromatic rings. The number of hydrogen-bond donors (Lipinski definition) is 1. The fraction of sp³-hybridized carbons (Fsp3) is 0.538. The highest BCUT2D eigenvalue weighted by Crippen LogP contribution is 2.39. The summed E-state index contributed by atoms with van der Waals surface area (Å²) < 4.78 is 0. The SMILES string of the molecule is OCC1(c2ccc(Cl)cc2)CCCCC1. The van der Waals surface area contributed by atoms with Crippen molar-refractivity contribution in [2.45, 2.75) is 37.5 Å². The molecule has 0 unspecified atom stereocenters. The van der Waals surface area contributed by atoms with Gasteiger partial charge in [0.05, 0.1) is 6.61 Å². The first kappa shape index (κ1) is 11.0. The summed E-state index contributed by atoms with van der Waals surface area (Å²) in [6.45, 7) is 0.259. The zero-order chi connectivity index (χ0) is 10.7. The highest BCUT2D eigenvalue weighted by atomic mass is 35.5. The van der Waals surface area contributed by atoms with Crippen LogP contribution in [0.25, 0.3) is 0 Å². The van der Waals surface area contributed by atoms with E-state index in [0.717, 1.165) is 17.9 Å². The normalized spacial score (nSPS) is 20.1. The van der Waals surface area contributed by atoms with Crippen LogP contribution in [0.5, 0.6) is 0 Å². The standard InChI is InChI=1S/C13H17ClO/c14-12-6-4-11(5-7-12)13(10-15)8-2-1-3-9-13/h4-7,15H,1-3,8-10H2. The van der Waals surface area contributed by atoms with Crippen molar-refractivity contribution >= 4 is 11.6 Å². The third-order valence-electron chi connectivity index (χ3n) is 3.57. The molecule has 0 saturated heterocycles. The Morgan fingerprint density at radius 1 is 1.07 bits per heavy atom. The fourth-order valence-corrected chi connectivity index (χ4v) is 2.70. The smallest absolute Gasteiger partial charge is 0.0527 e. The summed E-state index contributed by atoms with van der Waals surface area (Å²) in [6.07, 6.45) is 5.96. The first-order chi connectivity index (χ1) is 7.27. The van der Waals surface area contributed by atoms with Gasteiger partial charge in [-0.1, -0.05) is 43.0 Å². The molecule has 0 bridgehead atoms. The Bertz CT molecular complexity index is 312. The van der Waals surface area contributed by atoms with Crippen LogP contribution in [0.4, 0.5) is 0 Å². The minimum Gasteiger partial charge on any atom is -0.395 e. The van der Waals surface area contributed by atoms with Gasteiger partial charge in [0.15, 0.2) is 0 Å². The second-order valence-electron chi connectivity index (χ2n) is 4.51. The van der Waals surface area contributed by atoms with Crippen molar-refractivity contribution in [3.63, 3.8) is 0 Å². The fourth-order valence-electron chi connectivity index (χ4n) is 2.57. The van der Waals surface area contributed by atoms with Gasteiger partial charge in [0.25, 0.3) is 0 Å². The summed E-state index contributed by atoms with van der Waals surface area (Å²) >= 11 is 5.88. The number of aliphatic hydroxyl groups excluding tert-OH is 1. The van der Waals surface area contributed by atoms with Gasteiger partial charge in [-0.25, -0.2) is 0 Å². The molecule has 0 spiro atoms. The van der Waals surface area contributed by atoms with Crippen molar-refractivity contribution in [1.29, 1.82) is 0 Å². The Balaban J connectivity index is 2.28. The van der Waals surface area contributed by atoms with Crippen molar-refractivity contribution in [1.82, 2.24) is 0 Å². The zero-order valence-corrected chi connectivity index (χ0v) is 9.63. The third kappa shape index (κ3) is 2.19. The van der Waals surface area contributed by atoms with Crippen LogP contribution < -0.4 is 0 Å². The van der Waals surface area contributed by atoms with Crippen molar-refractivity contribution in [2.24, 2.45) is 0 Å². The molecule has 1 fully saturated rings. The molecule has 1 aliphatic rings. The van der Waals surface area contributed by atoms with Crippen LogP contribution in [-0.2, 0) is 5.41 Å². The third-order valence-corrected chi connectivity index (χ3v) is 3.82. The Kier molecular flexibility index (Phi) is 3.32. The second kappa shape index (κ2) is 4.54. The maximum Gasteiger partial charge on any atom is 0.0527 e. The van der Waals surface area contributed by atoms with E-state index >= 15 is 0 Å². The first-order valence-electron chi connectivity index (χ1n) is 5.64. The summed E-state index contributed by atoms with van der Waals surface area (Å²) in [6, 6.07) is 7.96. The van der Waals surface area contributed by atoms with E-state index in [1.54, 1.807) is 0 Å². The Hall–Kier alpha value is -0.530. The summed E-state index contributed by atoms with van der Waals surface area (Å²) in [4.78, 5) is 0. The van der Waals surface area contributed by atoms with Gasteiger partial charge >= 0.3 is 0 Å². The molecular weight excluding hydrogens is 208 g/mol. The predicted octanol–water partition coefficient (Wildman–Crippen LogP) is 3.53. The quantitative estimate of drug-likeness (QED) is 0.815. The molecule has 2 heteroatoms. The van der Waals surface area contributed by atoms with E-state index in [1.807, 2.05) is 12.1 Å². The number of benzene rings is 1. The minimum absolute atomic E-state index is 0.00282. The average Bonchev–Trinajstić information content (AvgIpc) is 2.31. The van der Waals surface area contributed by atoms with Crippen LogP contribution in [0.3, 0.4) is 0 Å². The van der Waals surface area contributed by atoms with Crippen molar-refractivity contribution < 1.29 is 5.11 Å². The first-order valence-corrected chi connectivity index (χ1v) is 6.02. The Morgan fingerprint density at radius 2 is 1.67 bits per heavy atom. The van der Waals surface area contributed by atoms with E-state index in [1.165, 1.54) is 24.8 Å². The zero-order valence-electron chi connectivity index (χ0n) is 8.88. The lowest BCUT2D eigenvalue weighted by Gasteiger charge is -2.36. The largest absolute Gasteiger partial charge is 0.395 e. The van der Waals surface area contributed by atoms with E-state index in [4.69, 9.17) is 11.6 Å². The molecule has 0 heterocycles. The van der Waals surface area contributed by atoms with Crippen molar-refractivity contribution in [2.75, 3.05) is 6.61 Å². The van der Waals surface area contributed by atoms with Crippen LogP contribution in [0.15, 0.2) is 24.3 Å². The van der Waals surface area contributed by atoms with Gasteiger partial charge < -0.3 is 5.11 Å². The lowest BCUT2D eigenvalue weighted by Crippen LogP contribution is -2.32. The molecule has 2 rings (SSSR count). The van der Waals surface area contributed by atoms with Crippen molar-refractivity contribution in [3.05, 3.63) is 34.9 Å². The van der Waals surface area contributed by atoms with E-state index < -0.39 is 0 Å². The Morgan fingerprint density at radius 3 is 2.20 bits per heavy atom. The van der Waals surface area contributed by atoms with Gasteiger partial charge in [-0.2, -0.15) is 0 Å². The molecular formula is C13H17ClO. The number of hydrogen-bond acceptors (Lipinski definition) is 1. The molecule has 0 radical (unpaired) electrons. The molecule has 0 aliphatic heterocycles. The van der Waals surface area contributed by atoms with Crippen LogP contribution in [-0.4, -0.2) is 11.7 Å². The highest BCUT2D eigenvalue weighted by molar-refractivity contribution is 6.30. The van der Waals surface area contributed by atoms with Crippen LogP contribution in [0, 0.1) is 0 Å². The maximum atomic E-state index is 9.63. The summed E-state index contributed by atoms with van der Waals surface area (Å²) in [7, 11) is 0. The van der Waals surface area contributed by atoms with Gasteiger partial charge in [0.1, 0.15) is 0 Å². The number of halogens is 1. The maximum absolute atomic E-state index is 9.63. The predicted molar refractivity (Wildman–Crippen MR) is 63.3 cm³/mol. The topological polar surface area (TPSA) is 20.2 Å². The van der Waals surface area contributed by atoms with Crippen LogP contribution in [0.1, 0.15) is 37.7 Å². The molecule has 1 saturated carbocycles. The van der Waals surface area contributed by atoms with Gasteiger partial charge in [-0.15, -0.1) is 0 Å². The lowest BCUT2D eigenvalue weighted by atomic mass is 9.70. The van der Waals surface area contributed by atoms with E-state index in [0.29, 0.717) is 0 Å². The van der Waals surface area contributed by atoms with Gasteiger partial charge in [0, 0.05) is 10.4 Å². The average molecular weight is 225 g/mol. The molecule has 1 aliphatic carbocycles. The Labute approximate surface area is 96.1 Å². The molecule has 1 N–H and O–H groups in total. The molecule has 1 aromatic carbocycles. The monoisotopic (exact) mass is 224 g/mol. The number of aliphatic hydroxyl groups is 1. The van der Waals surface area contributed by atoms with Gasteiger partial charge in [-0.05, 0) is 30.5 Å².